The SMILES string of the molecule is CC1=CC(C)CC(C(O)c2cccc(CC(C)C)c2)C1. The van der Waals surface area contributed by atoms with Crippen molar-refractivity contribution in [2.45, 2.75) is 53.1 Å². The molecule has 0 heterocycles. The Morgan fingerprint density at radius 3 is 2.70 bits per heavy atom. The van der Waals surface area contributed by atoms with E-state index in [-0.39, 0.29) is 6.10 Å². The van der Waals surface area contributed by atoms with Crippen molar-refractivity contribution >= 4 is 0 Å². The molecule has 1 aromatic rings. The summed E-state index contributed by atoms with van der Waals surface area (Å²) in [6.07, 6.45) is 5.22. The van der Waals surface area contributed by atoms with Crippen molar-refractivity contribution < 1.29 is 5.11 Å². The Kier molecular flexibility index (Phi) is 5.04. The van der Waals surface area contributed by atoms with E-state index in [4.69, 9.17) is 0 Å². The van der Waals surface area contributed by atoms with Crippen molar-refractivity contribution in [3.8, 4) is 0 Å². The van der Waals surface area contributed by atoms with Crippen molar-refractivity contribution in [1.29, 1.82) is 0 Å². The van der Waals surface area contributed by atoms with Gasteiger partial charge in [-0.25, -0.2) is 0 Å². The summed E-state index contributed by atoms with van der Waals surface area (Å²) in [5, 5.41) is 10.7. The Hall–Kier alpha value is -1.08. The third-order valence-corrected chi connectivity index (χ3v) is 4.21. The van der Waals surface area contributed by atoms with Crippen LogP contribution in [0, 0.1) is 17.8 Å². The molecule has 3 unspecified atom stereocenters. The number of benzene rings is 1. The molecule has 0 saturated heterocycles. The van der Waals surface area contributed by atoms with Gasteiger partial charge >= 0.3 is 0 Å². The molecular weight excluding hydrogens is 244 g/mol. The van der Waals surface area contributed by atoms with Gasteiger partial charge in [0.1, 0.15) is 0 Å². The van der Waals surface area contributed by atoms with E-state index in [9.17, 15) is 5.11 Å². The molecule has 1 aromatic carbocycles. The lowest BCUT2D eigenvalue weighted by Gasteiger charge is -2.30. The van der Waals surface area contributed by atoms with Crippen LogP contribution in [-0.2, 0) is 6.42 Å². The summed E-state index contributed by atoms with van der Waals surface area (Å²) in [4.78, 5) is 0. The van der Waals surface area contributed by atoms with Crippen molar-refractivity contribution in [2.75, 3.05) is 0 Å². The van der Waals surface area contributed by atoms with Crippen LogP contribution in [0.25, 0.3) is 0 Å². The third-order valence-electron chi connectivity index (χ3n) is 4.21. The molecule has 1 heteroatoms. The third kappa shape index (κ3) is 3.96. The Morgan fingerprint density at radius 2 is 2.05 bits per heavy atom. The van der Waals surface area contributed by atoms with E-state index in [2.05, 4.69) is 58.0 Å². The minimum Gasteiger partial charge on any atom is -0.388 e. The first-order valence-electron chi connectivity index (χ1n) is 7.90. The number of hydrogen-bond donors (Lipinski definition) is 1. The van der Waals surface area contributed by atoms with Crippen molar-refractivity contribution in [1.82, 2.24) is 0 Å². The maximum atomic E-state index is 10.7. The molecule has 0 radical (unpaired) electrons. The fourth-order valence-electron chi connectivity index (χ4n) is 3.48. The molecule has 1 aliphatic carbocycles. The van der Waals surface area contributed by atoms with Crippen LogP contribution in [0.3, 0.4) is 0 Å². The van der Waals surface area contributed by atoms with E-state index in [1.165, 1.54) is 11.1 Å². The fraction of sp³-hybridized carbons (Fsp3) is 0.579. The minimum atomic E-state index is -0.326. The Labute approximate surface area is 123 Å². The Morgan fingerprint density at radius 1 is 1.30 bits per heavy atom. The number of aliphatic hydroxyl groups excluding tert-OH is 1. The van der Waals surface area contributed by atoms with E-state index >= 15 is 0 Å². The maximum absolute atomic E-state index is 10.7. The van der Waals surface area contributed by atoms with Crippen LogP contribution < -0.4 is 0 Å². The van der Waals surface area contributed by atoms with Gasteiger partial charge in [0.25, 0.3) is 0 Å². The second-order valence-corrected chi connectivity index (χ2v) is 6.98. The maximum Gasteiger partial charge on any atom is 0.0821 e. The smallest absolute Gasteiger partial charge is 0.0821 e. The molecule has 3 atom stereocenters. The first-order valence-corrected chi connectivity index (χ1v) is 7.90. The quantitative estimate of drug-likeness (QED) is 0.772. The largest absolute Gasteiger partial charge is 0.388 e. The summed E-state index contributed by atoms with van der Waals surface area (Å²) in [5.41, 5.74) is 3.86. The number of allylic oxidation sites excluding steroid dienone is 2. The van der Waals surface area contributed by atoms with Gasteiger partial charge < -0.3 is 5.11 Å². The van der Waals surface area contributed by atoms with Gasteiger partial charge in [0.05, 0.1) is 6.10 Å². The molecule has 1 N–H and O–H groups in total. The van der Waals surface area contributed by atoms with Crippen LogP contribution in [0.15, 0.2) is 35.9 Å². The first-order chi connectivity index (χ1) is 9.45. The predicted molar refractivity (Wildman–Crippen MR) is 85.6 cm³/mol. The molecule has 1 nitrogen and oxygen atoms in total. The van der Waals surface area contributed by atoms with Gasteiger partial charge in [-0.3, -0.25) is 0 Å². The van der Waals surface area contributed by atoms with Crippen LogP contribution in [0.4, 0.5) is 0 Å². The van der Waals surface area contributed by atoms with Gasteiger partial charge in [0, 0.05) is 0 Å². The predicted octanol–water partition coefficient (Wildman–Crippen LogP) is 4.91. The average Bonchev–Trinajstić information content (AvgIpc) is 2.36. The number of aliphatic hydroxyl groups is 1. The highest BCUT2D eigenvalue weighted by molar-refractivity contribution is 5.26. The van der Waals surface area contributed by atoms with E-state index in [0.29, 0.717) is 17.8 Å². The summed E-state index contributed by atoms with van der Waals surface area (Å²) >= 11 is 0. The van der Waals surface area contributed by atoms with Gasteiger partial charge in [0.2, 0.25) is 0 Å². The standard InChI is InChI=1S/C19H28O/c1-13(2)8-16-6-5-7-17(12-16)19(20)18-10-14(3)9-15(4)11-18/h5-7,9,12-14,18-20H,8,10-11H2,1-4H3. The summed E-state index contributed by atoms with van der Waals surface area (Å²) in [6.45, 7) is 8.91. The van der Waals surface area contributed by atoms with Crippen LogP contribution in [0.2, 0.25) is 0 Å². The van der Waals surface area contributed by atoms with Crippen LogP contribution in [-0.4, -0.2) is 5.11 Å². The molecular formula is C19H28O. The highest BCUT2D eigenvalue weighted by Gasteiger charge is 2.26. The highest BCUT2D eigenvalue weighted by atomic mass is 16.3. The van der Waals surface area contributed by atoms with Gasteiger partial charge in [-0.1, -0.05) is 56.7 Å². The van der Waals surface area contributed by atoms with Gasteiger partial charge in [0.15, 0.2) is 0 Å². The number of rotatable bonds is 4. The lowest BCUT2D eigenvalue weighted by atomic mass is 9.78. The molecule has 0 saturated carbocycles. The van der Waals surface area contributed by atoms with Crippen LogP contribution in [0.5, 0.6) is 0 Å². The van der Waals surface area contributed by atoms with E-state index < -0.39 is 0 Å². The highest BCUT2D eigenvalue weighted by Crippen LogP contribution is 2.36. The minimum absolute atomic E-state index is 0.326. The van der Waals surface area contributed by atoms with Crippen molar-refractivity contribution in [3.05, 3.63) is 47.0 Å². The van der Waals surface area contributed by atoms with Gasteiger partial charge in [-0.2, -0.15) is 0 Å². The summed E-state index contributed by atoms with van der Waals surface area (Å²) in [7, 11) is 0. The molecule has 0 bridgehead atoms. The topological polar surface area (TPSA) is 20.2 Å². The molecule has 0 spiro atoms. The lowest BCUT2D eigenvalue weighted by molar-refractivity contribution is 0.0932. The second kappa shape index (κ2) is 6.58. The van der Waals surface area contributed by atoms with Crippen LogP contribution in [0.1, 0.15) is 57.8 Å². The number of hydrogen-bond acceptors (Lipinski definition) is 1. The molecule has 1 aliphatic rings. The van der Waals surface area contributed by atoms with Crippen LogP contribution >= 0.6 is 0 Å². The summed E-state index contributed by atoms with van der Waals surface area (Å²) < 4.78 is 0. The molecule has 0 fully saturated rings. The summed E-state index contributed by atoms with van der Waals surface area (Å²) in [5.74, 6) is 1.61. The zero-order valence-corrected chi connectivity index (χ0v) is 13.3. The zero-order valence-electron chi connectivity index (χ0n) is 13.3. The molecule has 110 valence electrons. The van der Waals surface area contributed by atoms with Crippen molar-refractivity contribution in [3.63, 3.8) is 0 Å². The van der Waals surface area contributed by atoms with E-state index in [1.807, 2.05) is 0 Å². The first kappa shape index (κ1) is 15.3. The fourth-order valence-corrected chi connectivity index (χ4v) is 3.48. The normalized spacial score (nSPS) is 24.6. The lowest BCUT2D eigenvalue weighted by Crippen LogP contribution is -2.19. The molecule has 0 aliphatic heterocycles. The molecule has 2 rings (SSSR count). The Balaban J connectivity index is 2.12. The Bertz CT molecular complexity index is 472. The molecule has 0 amide bonds. The van der Waals surface area contributed by atoms with Gasteiger partial charge in [-0.15, -0.1) is 0 Å². The molecule has 0 aromatic heterocycles. The van der Waals surface area contributed by atoms with Gasteiger partial charge in [-0.05, 0) is 55.1 Å². The van der Waals surface area contributed by atoms with E-state index in [0.717, 1.165) is 24.8 Å². The molecule has 20 heavy (non-hydrogen) atoms. The zero-order chi connectivity index (χ0) is 14.7. The monoisotopic (exact) mass is 272 g/mol. The summed E-state index contributed by atoms with van der Waals surface area (Å²) in [6, 6.07) is 8.53. The van der Waals surface area contributed by atoms with E-state index in [1.54, 1.807) is 0 Å². The second-order valence-electron chi connectivity index (χ2n) is 6.98. The average molecular weight is 272 g/mol. The van der Waals surface area contributed by atoms with Crippen molar-refractivity contribution in [2.24, 2.45) is 17.8 Å².